The van der Waals surface area contributed by atoms with Crippen molar-refractivity contribution in [3.63, 3.8) is 0 Å². The first-order chi connectivity index (χ1) is 19.1. The molecule has 1 unspecified atom stereocenters. The summed E-state index contributed by atoms with van der Waals surface area (Å²) in [5, 5.41) is 24.9. The van der Waals surface area contributed by atoms with Crippen molar-refractivity contribution in [3.8, 4) is 0 Å². The average molecular weight is 561 g/mol. The summed E-state index contributed by atoms with van der Waals surface area (Å²) >= 11 is 0. The van der Waals surface area contributed by atoms with Gasteiger partial charge in [-0.25, -0.2) is 9.78 Å². The highest BCUT2D eigenvalue weighted by atomic mass is 19.4. The lowest BCUT2D eigenvalue weighted by Crippen LogP contribution is -2.21. The molecule has 1 aliphatic heterocycles. The first-order valence-corrected chi connectivity index (χ1v) is 12.6. The van der Waals surface area contributed by atoms with Crippen LogP contribution in [0.25, 0.3) is 11.0 Å². The molecule has 10 nitrogen and oxygen atoms in total. The number of alkyl halides is 3. The van der Waals surface area contributed by atoms with Gasteiger partial charge in [-0.15, -0.1) is 0 Å². The van der Waals surface area contributed by atoms with Gasteiger partial charge in [-0.05, 0) is 49.4 Å². The van der Waals surface area contributed by atoms with Gasteiger partial charge in [-0.3, -0.25) is 4.79 Å². The number of fused-ring (bicyclic) bond motifs is 2. The summed E-state index contributed by atoms with van der Waals surface area (Å²) in [4.78, 5) is 29.6. The van der Waals surface area contributed by atoms with E-state index in [1.807, 2.05) is 30.3 Å². The molecule has 13 heteroatoms. The maximum Gasteiger partial charge on any atom is 0.490 e. The molecule has 0 radical (unpaired) electrons. The van der Waals surface area contributed by atoms with Gasteiger partial charge in [0.05, 0.1) is 6.42 Å². The molecule has 0 fully saturated rings. The van der Waals surface area contributed by atoms with Crippen LogP contribution in [0.1, 0.15) is 53.9 Å². The molecule has 1 aromatic carbocycles. The largest absolute Gasteiger partial charge is 0.490 e. The fourth-order valence-electron chi connectivity index (χ4n) is 4.31. The van der Waals surface area contributed by atoms with Crippen molar-refractivity contribution >= 4 is 28.7 Å². The molecule has 0 saturated heterocycles. The van der Waals surface area contributed by atoms with E-state index < -0.39 is 18.1 Å². The Balaban J connectivity index is 0.000000470. The SMILES string of the molecule is O=C(O)C(F)(F)F.O=C(O)CC(Cc1nc(CCCc2ccc3c(n2)NCCC3)no1)c1cc2ccccc2o1. The summed E-state index contributed by atoms with van der Waals surface area (Å²) in [6.45, 7) is 0.978. The number of aryl methyl sites for hydroxylation is 3. The molecule has 4 heterocycles. The van der Waals surface area contributed by atoms with E-state index in [0.29, 0.717) is 30.3 Å². The number of carboxylic acid groups (broad SMARTS) is 2. The van der Waals surface area contributed by atoms with Gasteiger partial charge in [-0.2, -0.15) is 18.2 Å². The van der Waals surface area contributed by atoms with Gasteiger partial charge < -0.3 is 24.5 Å². The number of para-hydroxylation sites is 1. The predicted molar refractivity (Wildman–Crippen MR) is 136 cm³/mol. The first kappa shape index (κ1) is 28.6. The number of anilines is 1. The molecule has 0 aliphatic carbocycles. The summed E-state index contributed by atoms with van der Waals surface area (Å²) in [6.07, 6.45) is -0.251. The van der Waals surface area contributed by atoms with Crippen molar-refractivity contribution in [2.75, 3.05) is 11.9 Å². The highest BCUT2D eigenvalue weighted by Crippen LogP contribution is 2.30. The summed E-state index contributed by atoms with van der Waals surface area (Å²) in [5.41, 5.74) is 3.08. The molecule has 3 aromatic heterocycles. The molecular formula is C27H27F3N4O6. The van der Waals surface area contributed by atoms with Gasteiger partial charge in [0.15, 0.2) is 5.82 Å². The number of benzene rings is 1. The Kier molecular flexibility index (Phi) is 9.02. The zero-order chi connectivity index (χ0) is 28.7. The monoisotopic (exact) mass is 560 g/mol. The Morgan fingerprint density at radius 2 is 1.85 bits per heavy atom. The Morgan fingerprint density at radius 3 is 2.58 bits per heavy atom. The van der Waals surface area contributed by atoms with Crippen molar-refractivity contribution in [2.45, 2.75) is 57.0 Å². The number of carbonyl (C=O) groups is 2. The van der Waals surface area contributed by atoms with Crippen molar-refractivity contribution in [1.29, 1.82) is 0 Å². The third kappa shape index (κ3) is 7.80. The molecule has 4 aromatic rings. The fraction of sp³-hybridized carbons (Fsp3) is 0.370. The Morgan fingerprint density at radius 1 is 1.07 bits per heavy atom. The summed E-state index contributed by atoms with van der Waals surface area (Å²) in [7, 11) is 0. The lowest BCUT2D eigenvalue weighted by atomic mass is 9.98. The van der Waals surface area contributed by atoms with Crippen LogP contribution in [0.15, 0.2) is 51.4 Å². The average Bonchev–Trinajstić information content (AvgIpc) is 3.55. The number of nitrogens with one attached hydrogen (secondary N) is 1. The standard InChI is InChI=1S/C25H26N4O4.C2HF3O2/c30-24(31)15-18(21-13-17-5-1-2-8-20(17)32-21)14-23-28-22(29-33-23)9-3-7-19-11-10-16-6-4-12-26-25(16)27-19;3-2(4,5)1(6)7/h1-2,5,8,10-11,13,18H,3-4,6-7,9,12,14-15H2,(H,26,27)(H,30,31);(H,6,7). The van der Waals surface area contributed by atoms with Gasteiger partial charge in [0.25, 0.3) is 0 Å². The molecule has 40 heavy (non-hydrogen) atoms. The summed E-state index contributed by atoms with van der Waals surface area (Å²) in [5.74, 6) is -1.36. The number of aliphatic carboxylic acids is 2. The van der Waals surface area contributed by atoms with Gasteiger partial charge in [0.1, 0.15) is 17.2 Å². The number of hydrogen-bond acceptors (Lipinski definition) is 8. The molecule has 0 spiro atoms. The number of pyridine rings is 1. The fourth-order valence-corrected chi connectivity index (χ4v) is 4.31. The van der Waals surface area contributed by atoms with E-state index in [1.165, 1.54) is 5.56 Å². The minimum atomic E-state index is -5.08. The third-order valence-electron chi connectivity index (χ3n) is 6.23. The normalized spacial score (nSPS) is 13.6. The van der Waals surface area contributed by atoms with Crippen molar-refractivity contribution in [2.24, 2.45) is 0 Å². The van der Waals surface area contributed by atoms with Crippen LogP contribution in [0.3, 0.4) is 0 Å². The molecule has 0 saturated carbocycles. The van der Waals surface area contributed by atoms with E-state index in [9.17, 15) is 23.1 Å². The number of halogens is 3. The molecular weight excluding hydrogens is 533 g/mol. The zero-order valence-electron chi connectivity index (χ0n) is 21.3. The number of aromatic nitrogens is 3. The topological polar surface area (TPSA) is 152 Å². The Bertz CT molecular complexity index is 1430. The van der Waals surface area contributed by atoms with Gasteiger partial charge in [0, 0.05) is 36.4 Å². The van der Waals surface area contributed by atoms with Crippen LogP contribution in [0.4, 0.5) is 19.0 Å². The first-order valence-electron chi connectivity index (χ1n) is 12.6. The third-order valence-corrected chi connectivity index (χ3v) is 6.23. The highest BCUT2D eigenvalue weighted by molar-refractivity contribution is 5.78. The van der Waals surface area contributed by atoms with Crippen LogP contribution in [-0.2, 0) is 35.3 Å². The quantitative estimate of drug-likeness (QED) is 0.250. The van der Waals surface area contributed by atoms with E-state index in [1.54, 1.807) is 0 Å². The van der Waals surface area contributed by atoms with Crippen LogP contribution in [0.5, 0.6) is 0 Å². The van der Waals surface area contributed by atoms with Crippen molar-refractivity contribution in [3.05, 3.63) is 71.2 Å². The Hall–Kier alpha value is -4.42. The number of furan rings is 1. The minimum Gasteiger partial charge on any atom is -0.481 e. The predicted octanol–water partition coefficient (Wildman–Crippen LogP) is 5.18. The maximum absolute atomic E-state index is 11.4. The van der Waals surface area contributed by atoms with Crippen LogP contribution < -0.4 is 5.32 Å². The van der Waals surface area contributed by atoms with E-state index in [2.05, 4.69) is 27.6 Å². The van der Waals surface area contributed by atoms with E-state index in [-0.39, 0.29) is 12.3 Å². The Labute approximate surface area is 226 Å². The lowest BCUT2D eigenvalue weighted by molar-refractivity contribution is -0.192. The van der Waals surface area contributed by atoms with Crippen LogP contribution in [-0.4, -0.2) is 50.0 Å². The summed E-state index contributed by atoms with van der Waals surface area (Å²) in [6, 6.07) is 13.8. The zero-order valence-corrected chi connectivity index (χ0v) is 21.3. The number of rotatable bonds is 9. The second kappa shape index (κ2) is 12.6. The van der Waals surface area contributed by atoms with Crippen molar-refractivity contribution < 1.29 is 41.9 Å². The van der Waals surface area contributed by atoms with Crippen LogP contribution in [0.2, 0.25) is 0 Å². The second-order valence-corrected chi connectivity index (χ2v) is 9.29. The van der Waals surface area contributed by atoms with Gasteiger partial charge in [0.2, 0.25) is 5.89 Å². The van der Waals surface area contributed by atoms with E-state index >= 15 is 0 Å². The minimum absolute atomic E-state index is 0.0738. The van der Waals surface area contributed by atoms with Crippen LogP contribution in [0, 0.1) is 0 Å². The van der Waals surface area contributed by atoms with E-state index in [4.69, 9.17) is 23.8 Å². The molecule has 1 aliphatic rings. The number of hydrogen-bond donors (Lipinski definition) is 3. The molecule has 5 rings (SSSR count). The number of nitrogens with zero attached hydrogens (tertiary/aromatic N) is 3. The van der Waals surface area contributed by atoms with Gasteiger partial charge >= 0.3 is 18.1 Å². The van der Waals surface area contributed by atoms with E-state index in [0.717, 1.165) is 54.7 Å². The van der Waals surface area contributed by atoms with Gasteiger partial charge in [-0.1, -0.05) is 29.4 Å². The molecule has 0 bridgehead atoms. The number of carboxylic acids is 2. The lowest BCUT2D eigenvalue weighted by Gasteiger charge is -2.17. The molecule has 1 atom stereocenters. The molecule has 0 amide bonds. The smallest absolute Gasteiger partial charge is 0.481 e. The molecule has 3 N–H and O–H groups in total. The van der Waals surface area contributed by atoms with Crippen molar-refractivity contribution in [1.82, 2.24) is 15.1 Å². The van der Waals surface area contributed by atoms with Crippen LogP contribution >= 0.6 is 0 Å². The maximum atomic E-state index is 11.4. The second-order valence-electron chi connectivity index (χ2n) is 9.29. The summed E-state index contributed by atoms with van der Waals surface area (Å²) < 4.78 is 43.1. The highest BCUT2D eigenvalue weighted by Gasteiger charge is 2.38. The molecule has 212 valence electrons.